The van der Waals surface area contributed by atoms with Gasteiger partial charge in [-0.2, -0.15) is 0 Å². The third-order valence-corrected chi connectivity index (χ3v) is 3.67. The standard InChI is InChI=1S/C7H13NS/c1-2-6(3-1)7-8-4-5-9-7/h6-8H,1-5H2. The van der Waals surface area contributed by atoms with Gasteiger partial charge in [-0.1, -0.05) is 6.42 Å². The maximum absolute atomic E-state index is 3.52. The van der Waals surface area contributed by atoms with Crippen molar-refractivity contribution in [1.82, 2.24) is 5.32 Å². The molecule has 0 amide bonds. The van der Waals surface area contributed by atoms with Crippen molar-refractivity contribution in [2.75, 3.05) is 12.3 Å². The zero-order valence-electron chi connectivity index (χ0n) is 5.60. The van der Waals surface area contributed by atoms with Crippen LogP contribution in [0.2, 0.25) is 0 Å². The highest BCUT2D eigenvalue weighted by molar-refractivity contribution is 8.00. The Morgan fingerprint density at radius 3 is 2.67 bits per heavy atom. The molecule has 1 unspecified atom stereocenters. The van der Waals surface area contributed by atoms with Crippen molar-refractivity contribution >= 4 is 11.8 Å². The number of thioether (sulfide) groups is 1. The average molecular weight is 143 g/mol. The number of nitrogens with one attached hydrogen (secondary N) is 1. The first-order chi connectivity index (χ1) is 4.47. The molecular weight excluding hydrogens is 130 g/mol. The highest BCUT2D eigenvalue weighted by Crippen LogP contribution is 2.35. The van der Waals surface area contributed by atoms with Gasteiger partial charge in [0, 0.05) is 12.3 Å². The van der Waals surface area contributed by atoms with E-state index in [-0.39, 0.29) is 0 Å². The van der Waals surface area contributed by atoms with E-state index in [1.165, 1.54) is 31.6 Å². The maximum atomic E-state index is 3.52. The molecule has 0 aromatic rings. The van der Waals surface area contributed by atoms with Gasteiger partial charge in [0.15, 0.2) is 0 Å². The fraction of sp³-hybridized carbons (Fsp3) is 1.00. The van der Waals surface area contributed by atoms with Crippen LogP contribution in [0.4, 0.5) is 0 Å². The van der Waals surface area contributed by atoms with E-state index >= 15 is 0 Å². The molecule has 1 aliphatic heterocycles. The van der Waals surface area contributed by atoms with E-state index in [4.69, 9.17) is 0 Å². The van der Waals surface area contributed by atoms with Gasteiger partial charge in [-0.3, -0.25) is 0 Å². The average Bonchev–Trinajstić information content (AvgIpc) is 2.11. The Labute approximate surface area is 60.6 Å². The molecule has 0 aromatic heterocycles. The Morgan fingerprint density at radius 2 is 2.22 bits per heavy atom. The van der Waals surface area contributed by atoms with E-state index in [2.05, 4.69) is 17.1 Å². The van der Waals surface area contributed by atoms with Crippen LogP contribution in [0.5, 0.6) is 0 Å². The summed E-state index contributed by atoms with van der Waals surface area (Å²) in [4.78, 5) is 0. The van der Waals surface area contributed by atoms with Crippen LogP contribution in [0, 0.1) is 5.92 Å². The van der Waals surface area contributed by atoms with E-state index in [0.29, 0.717) is 0 Å². The quantitative estimate of drug-likeness (QED) is 0.596. The zero-order chi connectivity index (χ0) is 6.10. The van der Waals surface area contributed by atoms with Gasteiger partial charge in [-0.15, -0.1) is 11.8 Å². The van der Waals surface area contributed by atoms with Crippen LogP contribution in [0.3, 0.4) is 0 Å². The second-order valence-corrected chi connectivity index (χ2v) is 4.19. The summed E-state index contributed by atoms with van der Waals surface area (Å²) in [7, 11) is 0. The molecule has 1 heterocycles. The first-order valence-electron chi connectivity index (χ1n) is 3.82. The molecule has 0 aromatic carbocycles. The molecule has 1 nitrogen and oxygen atoms in total. The first-order valence-corrected chi connectivity index (χ1v) is 4.87. The number of hydrogen-bond donors (Lipinski definition) is 1. The monoisotopic (exact) mass is 143 g/mol. The summed E-state index contributed by atoms with van der Waals surface area (Å²) in [5, 5.41) is 4.35. The van der Waals surface area contributed by atoms with Gasteiger partial charge in [-0.05, 0) is 18.8 Å². The summed E-state index contributed by atoms with van der Waals surface area (Å²) in [5.41, 5.74) is 0. The third-order valence-electron chi connectivity index (χ3n) is 2.32. The lowest BCUT2D eigenvalue weighted by atomic mass is 9.85. The van der Waals surface area contributed by atoms with Crippen LogP contribution in [0.1, 0.15) is 19.3 Å². The van der Waals surface area contributed by atoms with Gasteiger partial charge in [0.1, 0.15) is 0 Å². The molecule has 0 bridgehead atoms. The summed E-state index contributed by atoms with van der Waals surface area (Å²) >= 11 is 2.12. The third kappa shape index (κ3) is 1.10. The van der Waals surface area contributed by atoms with Gasteiger partial charge < -0.3 is 5.32 Å². The minimum Gasteiger partial charge on any atom is -0.304 e. The van der Waals surface area contributed by atoms with Gasteiger partial charge in [0.25, 0.3) is 0 Å². The minimum absolute atomic E-state index is 0.832. The van der Waals surface area contributed by atoms with Crippen LogP contribution < -0.4 is 5.32 Å². The lowest BCUT2D eigenvalue weighted by molar-refractivity contribution is 0.290. The van der Waals surface area contributed by atoms with Crippen LogP contribution in [0.15, 0.2) is 0 Å². The fourth-order valence-corrected chi connectivity index (χ4v) is 2.76. The lowest BCUT2D eigenvalue weighted by Crippen LogP contribution is -2.32. The summed E-state index contributed by atoms with van der Waals surface area (Å²) in [6.07, 6.45) is 4.43. The summed E-state index contributed by atoms with van der Waals surface area (Å²) in [6.45, 7) is 1.24. The molecule has 0 spiro atoms. The molecule has 1 atom stereocenters. The fourth-order valence-electron chi connectivity index (χ4n) is 1.49. The van der Waals surface area contributed by atoms with Crippen molar-refractivity contribution in [3.05, 3.63) is 0 Å². The Bertz CT molecular complexity index is 95.1. The summed E-state index contributed by atoms with van der Waals surface area (Å²) < 4.78 is 0. The van der Waals surface area contributed by atoms with Crippen molar-refractivity contribution in [3.8, 4) is 0 Å². The Morgan fingerprint density at radius 1 is 1.33 bits per heavy atom. The highest BCUT2D eigenvalue weighted by atomic mass is 32.2. The lowest BCUT2D eigenvalue weighted by Gasteiger charge is -2.30. The minimum atomic E-state index is 0.832. The molecule has 2 aliphatic rings. The smallest absolute Gasteiger partial charge is 0.0561 e. The van der Waals surface area contributed by atoms with Crippen molar-refractivity contribution in [1.29, 1.82) is 0 Å². The Balaban J connectivity index is 1.82. The number of rotatable bonds is 1. The molecule has 9 heavy (non-hydrogen) atoms. The van der Waals surface area contributed by atoms with Gasteiger partial charge >= 0.3 is 0 Å². The number of hydrogen-bond acceptors (Lipinski definition) is 2. The first kappa shape index (κ1) is 6.05. The van der Waals surface area contributed by atoms with E-state index < -0.39 is 0 Å². The molecule has 1 N–H and O–H groups in total. The van der Waals surface area contributed by atoms with Crippen LogP contribution in [0.25, 0.3) is 0 Å². The molecule has 1 saturated carbocycles. The summed E-state index contributed by atoms with van der Waals surface area (Å²) in [6, 6.07) is 0. The van der Waals surface area contributed by atoms with Crippen LogP contribution in [-0.4, -0.2) is 17.7 Å². The Kier molecular flexibility index (Phi) is 1.68. The normalized spacial score (nSPS) is 36.7. The van der Waals surface area contributed by atoms with Crippen LogP contribution >= 0.6 is 11.8 Å². The zero-order valence-corrected chi connectivity index (χ0v) is 6.41. The van der Waals surface area contributed by atoms with Crippen LogP contribution in [-0.2, 0) is 0 Å². The predicted molar refractivity (Wildman–Crippen MR) is 41.6 cm³/mol. The topological polar surface area (TPSA) is 12.0 Å². The van der Waals surface area contributed by atoms with Crippen molar-refractivity contribution in [2.24, 2.45) is 5.92 Å². The van der Waals surface area contributed by atoms with Gasteiger partial charge in [0.2, 0.25) is 0 Å². The largest absolute Gasteiger partial charge is 0.304 e. The molecule has 1 saturated heterocycles. The van der Waals surface area contributed by atoms with Gasteiger partial charge in [-0.25, -0.2) is 0 Å². The molecular formula is C7H13NS. The van der Waals surface area contributed by atoms with Crippen molar-refractivity contribution in [2.45, 2.75) is 24.6 Å². The molecule has 1 aliphatic carbocycles. The molecule has 52 valence electrons. The predicted octanol–water partition coefficient (Wildman–Crippen LogP) is 1.45. The van der Waals surface area contributed by atoms with E-state index in [9.17, 15) is 0 Å². The van der Waals surface area contributed by atoms with Crippen molar-refractivity contribution < 1.29 is 0 Å². The van der Waals surface area contributed by atoms with Gasteiger partial charge in [0.05, 0.1) is 5.37 Å². The van der Waals surface area contributed by atoms with Crippen molar-refractivity contribution in [3.63, 3.8) is 0 Å². The second-order valence-electron chi connectivity index (χ2n) is 2.94. The Hall–Kier alpha value is 0.310. The van der Waals surface area contributed by atoms with E-state index in [0.717, 1.165) is 11.3 Å². The molecule has 0 radical (unpaired) electrons. The molecule has 2 fully saturated rings. The maximum Gasteiger partial charge on any atom is 0.0561 e. The van der Waals surface area contributed by atoms with E-state index in [1.807, 2.05) is 0 Å². The van der Waals surface area contributed by atoms with E-state index in [1.54, 1.807) is 0 Å². The summed E-state index contributed by atoms with van der Waals surface area (Å²) in [5.74, 6) is 2.36. The molecule has 2 heteroatoms. The highest BCUT2D eigenvalue weighted by Gasteiger charge is 2.29. The SMILES string of the molecule is C1CC(C2NCCS2)C1. The molecule has 2 rings (SSSR count). The second kappa shape index (κ2) is 2.51.